The topological polar surface area (TPSA) is 97.3 Å². The normalized spacial score (nSPS) is 10.1. The van der Waals surface area contributed by atoms with Crippen molar-refractivity contribution in [2.45, 2.75) is 0 Å². The molecule has 6 heteroatoms. The van der Waals surface area contributed by atoms with Gasteiger partial charge in [-0.25, -0.2) is 4.98 Å². The molecule has 5 N–H and O–H groups in total. The van der Waals surface area contributed by atoms with Crippen LogP contribution in [0.5, 0.6) is 0 Å². The molecule has 0 bridgehead atoms. The van der Waals surface area contributed by atoms with E-state index in [2.05, 4.69) is 10.3 Å². The van der Waals surface area contributed by atoms with Crippen molar-refractivity contribution in [2.75, 3.05) is 30.0 Å². The second-order valence-electron chi connectivity index (χ2n) is 4.57. The van der Waals surface area contributed by atoms with E-state index in [-0.39, 0.29) is 5.56 Å². The summed E-state index contributed by atoms with van der Waals surface area (Å²) in [6.45, 7) is 0. The molecule has 0 aliphatic rings. The standard InChI is InChI=1S/C14H17N5O/c1-19(2)12-6-4-3-5-11(12)18-14-10(13(16)20)7-9(15)8-17-14/h3-8H,15H2,1-2H3,(H2,16,20)(H,17,18). The molecule has 2 rings (SSSR count). The highest BCUT2D eigenvalue weighted by Gasteiger charge is 2.12. The Labute approximate surface area is 117 Å². The van der Waals surface area contributed by atoms with Gasteiger partial charge in [0, 0.05) is 14.1 Å². The Morgan fingerprint density at radius 2 is 2.00 bits per heavy atom. The number of primary amides is 1. The van der Waals surface area contributed by atoms with Crippen molar-refractivity contribution in [3.05, 3.63) is 42.1 Å². The fourth-order valence-corrected chi connectivity index (χ4v) is 1.87. The first-order chi connectivity index (χ1) is 9.49. The molecule has 0 radical (unpaired) electrons. The van der Waals surface area contributed by atoms with Crippen LogP contribution in [0.25, 0.3) is 0 Å². The highest BCUT2D eigenvalue weighted by Crippen LogP contribution is 2.28. The number of nitrogen functional groups attached to an aromatic ring is 1. The molecule has 0 fully saturated rings. The number of carbonyl (C=O) groups excluding carboxylic acids is 1. The highest BCUT2D eigenvalue weighted by molar-refractivity contribution is 5.99. The Morgan fingerprint density at radius 1 is 1.30 bits per heavy atom. The van der Waals surface area contributed by atoms with Crippen LogP contribution in [-0.4, -0.2) is 25.0 Å². The van der Waals surface area contributed by atoms with Gasteiger partial charge in [-0.2, -0.15) is 0 Å². The Hall–Kier alpha value is -2.76. The first-order valence-corrected chi connectivity index (χ1v) is 6.07. The van der Waals surface area contributed by atoms with Crippen LogP contribution in [0.4, 0.5) is 22.9 Å². The molecule has 2 aromatic rings. The molecule has 0 unspecified atom stereocenters. The number of rotatable bonds is 4. The van der Waals surface area contributed by atoms with E-state index < -0.39 is 5.91 Å². The summed E-state index contributed by atoms with van der Waals surface area (Å²) in [7, 11) is 3.87. The number of hydrogen-bond acceptors (Lipinski definition) is 5. The maximum atomic E-state index is 11.5. The summed E-state index contributed by atoms with van der Waals surface area (Å²) in [6, 6.07) is 9.21. The molecule has 6 nitrogen and oxygen atoms in total. The maximum Gasteiger partial charge on any atom is 0.252 e. The van der Waals surface area contributed by atoms with E-state index in [1.165, 1.54) is 12.3 Å². The van der Waals surface area contributed by atoms with E-state index in [0.29, 0.717) is 11.5 Å². The minimum Gasteiger partial charge on any atom is -0.397 e. The minimum absolute atomic E-state index is 0.263. The zero-order chi connectivity index (χ0) is 14.7. The van der Waals surface area contributed by atoms with Crippen molar-refractivity contribution in [2.24, 2.45) is 5.73 Å². The highest BCUT2D eigenvalue weighted by atomic mass is 16.1. The number of anilines is 4. The predicted molar refractivity (Wildman–Crippen MR) is 81.2 cm³/mol. The van der Waals surface area contributed by atoms with Gasteiger partial charge in [0.2, 0.25) is 0 Å². The lowest BCUT2D eigenvalue weighted by Crippen LogP contribution is -2.16. The number of carbonyl (C=O) groups is 1. The van der Waals surface area contributed by atoms with E-state index in [1.807, 2.05) is 43.3 Å². The number of nitrogens with zero attached hydrogens (tertiary/aromatic N) is 2. The van der Waals surface area contributed by atoms with E-state index in [4.69, 9.17) is 11.5 Å². The molecule has 104 valence electrons. The van der Waals surface area contributed by atoms with Gasteiger partial charge in [0.05, 0.1) is 28.8 Å². The van der Waals surface area contributed by atoms with Crippen LogP contribution in [-0.2, 0) is 0 Å². The molecule has 1 amide bonds. The summed E-state index contributed by atoms with van der Waals surface area (Å²) in [5, 5.41) is 3.12. The molecule has 1 aromatic heterocycles. The third-order valence-corrected chi connectivity index (χ3v) is 2.81. The fraction of sp³-hybridized carbons (Fsp3) is 0.143. The molecule has 1 aromatic carbocycles. The first kappa shape index (κ1) is 13.7. The first-order valence-electron chi connectivity index (χ1n) is 6.07. The number of hydrogen-bond donors (Lipinski definition) is 3. The van der Waals surface area contributed by atoms with Crippen molar-refractivity contribution in [1.29, 1.82) is 0 Å². The molecular formula is C14H17N5O. The summed E-state index contributed by atoms with van der Waals surface area (Å²) < 4.78 is 0. The van der Waals surface area contributed by atoms with Gasteiger partial charge < -0.3 is 21.7 Å². The van der Waals surface area contributed by atoms with Gasteiger partial charge in [-0.05, 0) is 18.2 Å². The zero-order valence-electron chi connectivity index (χ0n) is 11.4. The average Bonchev–Trinajstić information content (AvgIpc) is 2.41. The third kappa shape index (κ3) is 2.80. The van der Waals surface area contributed by atoms with Gasteiger partial charge in [-0.1, -0.05) is 12.1 Å². The van der Waals surface area contributed by atoms with Crippen LogP contribution in [0.2, 0.25) is 0 Å². The monoisotopic (exact) mass is 271 g/mol. The lowest BCUT2D eigenvalue weighted by Gasteiger charge is -2.18. The van der Waals surface area contributed by atoms with Crippen molar-refractivity contribution < 1.29 is 4.79 Å². The molecule has 1 heterocycles. The molecule has 0 saturated heterocycles. The van der Waals surface area contributed by atoms with E-state index in [0.717, 1.165) is 11.4 Å². The van der Waals surface area contributed by atoms with Gasteiger partial charge >= 0.3 is 0 Å². The smallest absolute Gasteiger partial charge is 0.252 e. The van der Waals surface area contributed by atoms with Gasteiger partial charge in [-0.15, -0.1) is 0 Å². The van der Waals surface area contributed by atoms with Crippen LogP contribution in [0.3, 0.4) is 0 Å². The lowest BCUT2D eigenvalue weighted by atomic mass is 10.2. The van der Waals surface area contributed by atoms with Crippen molar-refractivity contribution in [3.63, 3.8) is 0 Å². The number of pyridine rings is 1. The van der Waals surface area contributed by atoms with Crippen molar-refractivity contribution in [3.8, 4) is 0 Å². The van der Waals surface area contributed by atoms with Crippen LogP contribution in [0.1, 0.15) is 10.4 Å². The van der Waals surface area contributed by atoms with Gasteiger partial charge in [0.15, 0.2) is 0 Å². The van der Waals surface area contributed by atoms with Crippen LogP contribution >= 0.6 is 0 Å². The predicted octanol–water partition coefficient (Wildman–Crippen LogP) is 1.57. The molecule has 0 atom stereocenters. The minimum atomic E-state index is -0.574. The fourth-order valence-electron chi connectivity index (χ4n) is 1.87. The number of benzene rings is 1. The zero-order valence-corrected chi connectivity index (χ0v) is 11.4. The van der Waals surface area contributed by atoms with E-state index in [9.17, 15) is 4.79 Å². The summed E-state index contributed by atoms with van der Waals surface area (Å²) in [4.78, 5) is 17.6. The van der Waals surface area contributed by atoms with E-state index >= 15 is 0 Å². The number of amides is 1. The largest absolute Gasteiger partial charge is 0.397 e. The molecule has 0 spiro atoms. The summed E-state index contributed by atoms with van der Waals surface area (Å²) in [5.41, 5.74) is 13.4. The van der Waals surface area contributed by atoms with E-state index in [1.54, 1.807) is 0 Å². The number of aromatic nitrogens is 1. The quantitative estimate of drug-likeness (QED) is 0.784. The summed E-state index contributed by atoms with van der Waals surface area (Å²) in [6.07, 6.45) is 1.48. The van der Waals surface area contributed by atoms with Gasteiger partial charge in [-0.3, -0.25) is 4.79 Å². The third-order valence-electron chi connectivity index (χ3n) is 2.81. The van der Waals surface area contributed by atoms with Gasteiger partial charge in [0.1, 0.15) is 5.82 Å². The summed E-state index contributed by atoms with van der Waals surface area (Å²) in [5.74, 6) is -0.185. The molecule has 0 aliphatic heterocycles. The Balaban J connectivity index is 2.43. The second kappa shape index (κ2) is 5.48. The Bertz CT molecular complexity index is 639. The van der Waals surface area contributed by atoms with Crippen molar-refractivity contribution >= 4 is 28.8 Å². The van der Waals surface area contributed by atoms with Crippen LogP contribution in [0, 0.1) is 0 Å². The van der Waals surface area contributed by atoms with Crippen LogP contribution in [0.15, 0.2) is 36.5 Å². The number of nitrogens with two attached hydrogens (primary N) is 2. The second-order valence-corrected chi connectivity index (χ2v) is 4.57. The molecular weight excluding hydrogens is 254 g/mol. The SMILES string of the molecule is CN(C)c1ccccc1Nc1ncc(N)cc1C(N)=O. The van der Waals surface area contributed by atoms with Crippen molar-refractivity contribution in [1.82, 2.24) is 4.98 Å². The molecule has 0 aliphatic carbocycles. The van der Waals surface area contributed by atoms with Gasteiger partial charge in [0.25, 0.3) is 5.91 Å². The molecule has 20 heavy (non-hydrogen) atoms. The number of para-hydroxylation sites is 2. The van der Waals surface area contributed by atoms with Crippen LogP contribution < -0.4 is 21.7 Å². The molecule has 0 saturated carbocycles. The maximum absolute atomic E-state index is 11.5. The Morgan fingerprint density at radius 3 is 2.65 bits per heavy atom. The number of nitrogens with one attached hydrogen (secondary N) is 1. The lowest BCUT2D eigenvalue weighted by molar-refractivity contribution is 0.100. The Kier molecular flexibility index (Phi) is 3.74. The average molecular weight is 271 g/mol. The summed E-state index contributed by atoms with van der Waals surface area (Å²) >= 11 is 0.